The molecule has 2 aliphatic rings. The highest BCUT2D eigenvalue weighted by Crippen LogP contribution is 2.32. The average Bonchev–Trinajstić information content (AvgIpc) is 3.80. The number of aliphatic hydroxyl groups is 1. The molecule has 3 N–H and O–H groups in total. The number of amides is 5. The molecule has 0 bridgehead atoms. The van der Waals surface area contributed by atoms with Gasteiger partial charge in [0.2, 0.25) is 23.6 Å². The van der Waals surface area contributed by atoms with Gasteiger partial charge in [0.05, 0.1) is 60.9 Å². The van der Waals surface area contributed by atoms with E-state index >= 15 is 0 Å². The maximum absolute atomic E-state index is 14.7. The molecule has 68 heavy (non-hydrogen) atoms. The lowest BCUT2D eigenvalue weighted by Gasteiger charge is -2.41. The lowest BCUT2D eigenvalue weighted by Crippen LogP contribution is -2.55. The molecule has 0 radical (unpaired) electrons. The van der Waals surface area contributed by atoms with Gasteiger partial charge in [-0.05, 0) is 68.4 Å². The first-order chi connectivity index (χ1) is 32.2. The van der Waals surface area contributed by atoms with E-state index in [0.29, 0.717) is 31.4 Å². The summed E-state index contributed by atoms with van der Waals surface area (Å²) in [6.45, 7) is 15.3. The second-order valence-corrected chi connectivity index (χ2v) is 19.6. The van der Waals surface area contributed by atoms with Gasteiger partial charge in [-0.3, -0.25) is 24.0 Å². The van der Waals surface area contributed by atoms with Crippen LogP contribution in [-0.2, 0) is 42.9 Å². The van der Waals surface area contributed by atoms with Gasteiger partial charge < -0.3 is 49.4 Å². The largest absolute Gasteiger partial charge is 0.439 e. The van der Waals surface area contributed by atoms with E-state index in [0.717, 1.165) is 25.7 Å². The minimum Gasteiger partial charge on any atom is -0.439 e. The zero-order valence-electron chi connectivity index (χ0n) is 43.3. The lowest BCUT2D eigenvalue weighted by atomic mass is 9.83. The van der Waals surface area contributed by atoms with Crippen molar-refractivity contribution in [3.05, 3.63) is 48.0 Å². The van der Waals surface area contributed by atoms with Crippen molar-refractivity contribution in [2.75, 3.05) is 48.5 Å². The van der Waals surface area contributed by atoms with Crippen molar-refractivity contribution in [3.8, 4) is 0 Å². The number of allylic oxidation sites excluding steroid dienone is 1. The van der Waals surface area contributed by atoms with Crippen LogP contribution < -0.4 is 10.6 Å². The Morgan fingerprint density at radius 2 is 1.54 bits per heavy atom. The summed E-state index contributed by atoms with van der Waals surface area (Å²) in [5.74, 6) is -3.37. The van der Waals surface area contributed by atoms with Gasteiger partial charge in [0.15, 0.2) is 5.78 Å². The molecule has 3 rings (SSSR count). The molecule has 0 spiro atoms. The molecule has 1 aliphatic carbocycles. The number of ether oxygens (including phenoxy) is 4. The number of benzene rings is 1. The van der Waals surface area contributed by atoms with Crippen LogP contribution in [0.5, 0.6) is 0 Å². The van der Waals surface area contributed by atoms with Crippen molar-refractivity contribution in [2.24, 2.45) is 29.6 Å². The third-order valence-electron chi connectivity index (χ3n) is 14.2. The van der Waals surface area contributed by atoms with Gasteiger partial charge in [-0.2, -0.15) is 0 Å². The molecule has 12 atom stereocenters. The zero-order valence-corrected chi connectivity index (χ0v) is 43.3. The van der Waals surface area contributed by atoms with Crippen LogP contribution >= 0.6 is 0 Å². The van der Waals surface area contributed by atoms with Crippen LogP contribution in [-0.4, -0.2) is 152 Å². The summed E-state index contributed by atoms with van der Waals surface area (Å²) in [5, 5.41) is 16.4. The van der Waals surface area contributed by atoms with Crippen LogP contribution in [0, 0.1) is 29.6 Å². The summed E-state index contributed by atoms with van der Waals surface area (Å²) in [5.41, 5.74) is 0.691. The standard InChI is InChI=1S/C52H85N5O11/c1-14-34(6)47(43(65-12)30-45(60)57-28-22-25-39(57)49(66-13)35(7)50(62)54-36(8)48(61)37-23-18-17-19-24-37)55(10)51(63)38(32(2)3)29-40(58)46(33(4)5)56(11)52(64)68-42-27-21-16-15-20-26-41(42)67-31-44(59)53-9/h17-19,21,23-24,27,32-36,38-39,41-43,46-49,61H,14-16,20,22,25-26,28-31H2,1-13H3,(H,53,59)(H,54,62)/b27-21+/t34-,35?,36+,38?,39?,41?,42?,43?,46?,47?,48+,49?/m0/s1. The van der Waals surface area contributed by atoms with E-state index < -0.39 is 66.6 Å². The van der Waals surface area contributed by atoms with Crippen molar-refractivity contribution in [3.63, 3.8) is 0 Å². The molecule has 16 nitrogen and oxygen atoms in total. The first-order valence-corrected chi connectivity index (χ1v) is 24.8. The van der Waals surface area contributed by atoms with E-state index in [9.17, 15) is 33.9 Å². The predicted octanol–water partition coefficient (Wildman–Crippen LogP) is 6.10. The Bertz CT molecular complexity index is 1800. The number of likely N-dealkylation sites (N-methyl/N-ethyl adjacent to an activating group) is 3. The molecule has 1 aromatic carbocycles. The third-order valence-corrected chi connectivity index (χ3v) is 14.2. The van der Waals surface area contributed by atoms with Crippen LogP contribution in [0.2, 0.25) is 0 Å². The van der Waals surface area contributed by atoms with Crippen molar-refractivity contribution >= 4 is 35.5 Å². The molecule has 1 heterocycles. The Morgan fingerprint density at radius 3 is 2.13 bits per heavy atom. The smallest absolute Gasteiger partial charge is 0.410 e. The fourth-order valence-corrected chi connectivity index (χ4v) is 9.91. The second-order valence-electron chi connectivity index (χ2n) is 19.6. The first-order valence-electron chi connectivity index (χ1n) is 24.8. The number of aliphatic hydroxyl groups excluding tert-OH is 1. The van der Waals surface area contributed by atoms with Crippen LogP contribution in [0.15, 0.2) is 42.5 Å². The fourth-order valence-electron chi connectivity index (χ4n) is 9.91. The molecule has 9 unspecified atom stereocenters. The summed E-state index contributed by atoms with van der Waals surface area (Å²) in [4.78, 5) is 87.7. The highest BCUT2D eigenvalue weighted by Gasteiger charge is 2.44. The Morgan fingerprint density at radius 1 is 0.868 bits per heavy atom. The van der Waals surface area contributed by atoms with Gasteiger partial charge >= 0.3 is 6.09 Å². The van der Waals surface area contributed by atoms with E-state index in [2.05, 4.69) is 10.6 Å². The zero-order chi connectivity index (χ0) is 50.8. The van der Waals surface area contributed by atoms with Crippen LogP contribution in [0.3, 0.4) is 0 Å². The van der Waals surface area contributed by atoms with Gasteiger partial charge in [-0.15, -0.1) is 0 Å². The number of ketones is 1. The van der Waals surface area contributed by atoms with Gasteiger partial charge in [0.1, 0.15) is 12.7 Å². The van der Waals surface area contributed by atoms with Crippen molar-refractivity contribution in [1.29, 1.82) is 0 Å². The maximum Gasteiger partial charge on any atom is 0.410 e. The predicted molar refractivity (Wildman–Crippen MR) is 261 cm³/mol. The lowest BCUT2D eigenvalue weighted by molar-refractivity contribution is -0.149. The van der Waals surface area contributed by atoms with Crippen molar-refractivity contribution < 1.29 is 52.8 Å². The Balaban J connectivity index is 1.78. The quantitative estimate of drug-likeness (QED) is 0.0960. The molecule has 384 valence electrons. The molecule has 1 saturated heterocycles. The van der Waals surface area contributed by atoms with Gasteiger partial charge in [0.25, 0.3) is 0 Å². The third kappa shape index (κ3) is 15.8. The number of nitrogens with one attached hydrogen (secondary N) is 2. The van der Waals surface area contributed by atoms with Gasteiger partial charge in [-0.1, -0.05) is 97.7 Å². The molecular weight excluding hydrogens is 871 g/mol. The topological polar surface area (TPSA) is 193 Å². The molecule has 1 aliphatic heterocycles. The summed E-state index contributed by atoms with van der Waals surface area (Å²) in [7, 11) is 7.84. The van der Waals surface area contributed by atoms with E-state index in [4.69, 9.17) is 18.9 Å². The van der Waals surface area contributed by atoms with E-state index in [1.54, 1.807) is 48.9 Å². The normalized spacial score (nSPS) is 22.0. The maximum atomic E-state index is 14.7. The summed E-state index contributed by atoms with van der Waals surface area (Å²) in [6, 6.07) is 6.74. The number of methoxy groups -OCH3 is 2. The first kappa shape index (κ1) is 57.9. The average molecular weight is 956 g/mol. The minimum absolute atomic E-state index is 0.0293. The molecule has 1 aromatic rings. The molecule has 5 amide bonds. The number of nitrogens with zero attached hydrogens (tertiary/aromatic N) is 3. The van der Waals surface area contributed by atoms with Gasteiger partial charge in [0, 0.05) is 54.2 Å². The fraction of sp³-hybridized carbons (Fsp3) is 0.731. The molecule has 0 aromatic heterocycles. The summed E-state index contributed by atoms with van der Waals surface area (Å²) in [6.07, 6.45) is 4.52. The van der Waals surface area contributed by atoms with Crippen molar-refractivity contribution in [1.82, 2.24) is 25.3 Å². The monoisotopic (exact) mass is 956 g/mol. The molecule has 16 heteroatoms. The summed E-state index contributed by atoms with van der Waals surface area (Å²) < 4.78 is 23.9. The van der Waals surface area contributed by atoms with E-state index in [1.165, 1.54) is 33.2 Å². The van der Waals surface area contributed by atoms with E-state index in [-0.39, 0.29) is 72.7 Å². The second kappa shape index (κ2) is 28.3. The highest BCUT2D eigenvalue weighted by molar-refractivity contribution is 5.92. The van der Waals surface area contributed by atoms with Crippen LogP contribution in [0.25, 0.3) is 0 Å². The Labute approximate surface area is 406 Å². The molecule has 0 saturated carbocycles. The van der Waals surface area contributed by atoms with Crippen LogP contribution in [0.1, 0.15) is 125 Å². The number of carbonyl (C=O) groups excluding carboxylic acids is 6. The number of likely N-dealkylation sites (tertiary alicyclic amines) is 1. The minimum atomic E-state index is -0.907. The number of hydrogen-bond acceptors (Lipinski definition) is 11. The van der Waals surface area contributed by atoms with Gasteiger partial charge in [-0.25, -0.2) is 4.79 Å². The number of rotatable bonds is 25. The number of carbonyl (C=O) groups is 6. The molecular formula is C52H85N5O11. The Hall–Kier alpha value is -4.38. The number of hydrogen-bond donors (Lipinski definition) is 3. The molecule has 1 fully saturated rings. The SMILES string of the molecule is CC[C@H](C)C(C(CC(=O)N1CCCC1C(OC)C(C)C(=O)N[C@H](C)[C@@H](O)c1ccccc1)OC)N(C)C(=O)C(CC(=O)C(C(C)C)N(C)C(=O)OC1/C=C/CCCCC1OCC(=O)NC)C(C)C. The van der Waals surface area contributed by atoms with E-state index in [1.807, 2.05) is 65.8 Å². The summed E-state index contributed by atoms with van der Waals surface area (Å²) >= 11 is 0. The number of Topliss-reactive ketones (excluding diaryl/α,β-unsaturated/α-hetero) is 1. The van der Waals surface area contributed by atoms with Crippen LogP contribution in [0.4, 0.5) is 4.79 Å². The Kier molecular flexibility index (Phi) is 24.1. The van der Waals surface area contributed by atoms with Crippen molar-refractivity contribution in [2.45, 2.75) is 168 Å². The highest BCUT2D eigenvalue weighted by atomic mass is 16.6.